The molecule has 0 aliphatic rings. The predicted octanol–water partition coefficient (Wildman–Crippen LogP) is 3.84. The average Bonchev–Trinajstić information content (AvgIpc) is 2.69. The van der Waals surface area contributed by atoms with E-state index in [1.165, 1.54) is 11.3 Å². The summed E-state index contributed by atoms with van der Waals surface area (Å²) in [6, 6.07) is 4.14. The van der Waals surface area contributed by atoms with Crippen molar-refractivity contribution in [2.75, 3.05) is 26.8 Å². The maximum absolute atomic E-state index is 5.98. The first kappa shape index (κ1) is 16.0. The largest absolute Gasteiger partial charge is 0.383 e. The summed E-state index contributed by atoms with van der Waals surface area (Å²) in [5.74, 6) is 1.41. The molecule has 0 radical (unpaired) electrons. The van der Waals surface area contributed by atoms with Crippen molar-refractivity contribution in [3.8, 4) is 0 Å². The lowest BCUT2D eigenvalue weighted by atomic mass is 9.93. The second-order valence-corrected chi connectivity index (χ2v) is 6.90. The molecule has 18 heavy (non-hydrogen) atoms. The van der Waals surface area contributed by atoms with Gasteiger partial charge in [0.15, 0.2) is 0 Å². The minimum Gasteiger partial charge on any atom is -0.383 e. The first-order valence-electron chi connectivity index (χ1n) is 6.55. The Morgan fingerprint density at radius 3 is 2.72 bits per heavy atom. The first-order valence-corrected chi connectivity index (χ1v) is 7.75. The van der Waals surface area contributed by atoms with Crippen LogP contribution in [0, 0.1) is 11.8 Å². The molecule has 0 fully saturated rings. The molecule has 0 amide bonds. The van der Waals surface area contributed by atoms with Crippen molar-refractivity contribution in [1.29, 1.82) is 0 Å². The number of hydrogen-bond acceptors (Lipinski definition) is 3. The van der Waals surface area contributed by atoms with Gasteiger partial charge in [-0.1, -0.05) is 25.4 Å². The number of halogens is 1. The van der Waals surface area contributed by atoms with Crippen LogP contribution < -0.4 is 5.32 Å². The summed E-state index contributed by atoms with van der Waals surface area (Å²) < 4.78 is 5.94. The molecule has 0 aliphatic heterocycles. The Labute approximate surface area is 120 Å². The third-order valence-electron chi connectivity index (χ3n) is 2.84. The SMILES string of the molecule is COCCNCC(Cc1ccc(Cl)s1)CC(C)C. The van der Waals surface area contributed by atoms with Gasteiger partial charge in [-0.25, -0.2) is 0 Å². The smallest absolute Gasteiger partial charge is 0.0931 e. The number of nitrogens with one attached hydrogen (secondary N) is 1. The quantitative estimate of drug-likeness (QED) is 0.698. The molecule has 0 aliphatic carbocycles. The summed E-state index contributed by atoms with van der Waals surface area (Å²) in [5.41, 5.74) is 0. The molecule has 1 N–H and O–H groups in total. The summed E-state index contributed by atoms with van der Waals surface area (Å²) in [4.78, 5) is 1.39. The molecule has 1 heterocycles. The number of thiophene rings is 1. The number of hydrogen-bond donors (Lipinski definition) is 1. The zero-order valence-corrected chi connectivity index (χ0v) is 13.1. The minimum absolute atomic E-state index is 0.677. The zero-order valence-electron chi connectivity index (χ0n) is 11.5. The van der Waals surface area contributed by atoms with Gasteiger partial charge in [0, 0.05) is 18.5 Å². The van der Waals surface area contributed by atoms with E-state index in [-0.39, 0.29) is 0 Å². The van der Waals surface area contributed by atoms with Crippen LogP contribution in [0.25, 0.3) is 0 Å². The van der Waals surface area contributed by atoms with Crippen LogP contribution in [0.5, 0.6) is 0 Å². The normalized spacial score (nSPS) is 13.2. The van der Waals surface area contributed by atoms with E-state index in [1.54, 1.807) is 18.4 Å². The molecule has 1 rings (SSSR count). The summed E-state index contributed by atoms with van der Waals surface area (Å²) >= 11 is 7.68. The van der Waals surface area contributed by atoms with Gasteiger partial charge < -0.3 is 10.1 Å². The lowest BCUT2D eigenvalue weighted by Crippen LogP contribution is -2.28. The highest BCUT2D eigenvalue weighted by Gasteiger charge is 2.12. The monoisotopic (exact) mass is 289 g/mol. The van der Waals surface area contributed by atoms with E-state index in [4.69, 9.17) is 16.3 Å². The topological polar surface area (TPSA) is 21.3 Å². The molecular weight excluding hydrogens is 266 g/mol. The van der Waals surface area contributed by atoms with Gasteiger partial charge in [0.2, 0.25) is 0 Å². The molecule has 104 valence electrons. The second-order valence-electron chi connectivity index (χ2n) is 5.10. The summed E-state index contributed by atoms with van der Waals surface area (Å²) in [6.07, 6.45) is 2.37. The third-order valence-corrected chi connectivity index (χ3v) is 4.09. The fourth-order valence-electron chi connectivity index (χ4n) is 2.13. The van der Waals surface area contributed by atoms with Crippen molar-refractivity contribution in [3.05, 3.63) is 21.3 Å². The van der Waals surface area contributed by atoms with Crippen LogP contribution in [0.15, 0.2) is 12.1 Å². The minimum atomic E-state index is 0.677. The van der Waals surface area contributed by atoms with Crippen LogP contribution in [0.2, 0.25) is 4.34 Å². The predicted molar refractivity (Wildman–Crippen MR) is 80.7 cm³/mol. The summed E-state index contributed by atoms with van der Waals surface area (Å²) in [6.45, 7) is 7.32. The first-order chi connectivity index (χ1) is 8.61. The highest BCUT2D eigenvalue weighted by Crippen LogP contribution is 2.25. The van der Waals surface area contributed by atoms with Crippen molar-refractivity contribution in [2.45, 2.75) is 26.7 Å². The fraction of sp³-hybridized carbons (Fsp3) is 0.714. The molecule has 0 saturated carbocycles. The molecular formula is C14H24ClNOS. The van der Waals surface area contributed by atoms with Crippen LogP contribution in [0.1, 0.15) is 25.1 Å². The van der Waals surface area contributed by atoms with E-state index in [1.807, 2.05) is 6.07 Å². The van der Waals surface area contributed by atoms with Crippen LogP contribution in [-0.4, -0.2) is 26.8 Å². The Morgan fingerprint density at radius 2 is 2.17 bits per heavy atom. The molecule has 4 heteroatoms. The molecule has 2 nitrogen and oxygen atoms in total. The van der Waals surface area contributed by atoms with Crippen molar-refractivity contribution >= 4 is 22.9 Å². The molecule has 1 aromatic rings. The molecule has 0 spiro atoms. The van der Waals surface area contributed by atoms with E-state index in [9.17, 15) is 0 Å². The maximum Gasteiger partial charge on any atom is 0.0931 e. The highest BCUT2D eigenvalue weighted by atomic mass is 35.5. The molecule has 0 bridgehead atoms. The molecule has 1 atom stereocenters. The van der Waals surface area contributed by atoms with Crippen LogP contribution in [-0.2, 0) is 11.2 Å². The summed E-state index contributed by atoms with van der Waals surface area (Å²) in [7, 11) is 1.74. The second kappa shape index (κ2) is 8.92. The van der Waals surface area contributed by atoms with Crippen molar-refractivity contribution in [1.82, 2.24) is 5.32 Å². The lowest BCUT2D eigenvalue weighted by molar-refractivity contribution is 0.197. The Hall–Kier alpha value is -0.0900. The third kappa shape index (κ3) is 6.74. The van der Waals surface area contributed by atoms with Gasteiger partial charge in [-0.2, -0.15) is 0 Å². The van der Waals surface area contributed by atoms with Gasteiger partial charge >= 0.3 is 0 Å². The Morgan fingerprint density at radius 1 is 1.39 bits per heavy atom. The number of rotatable bonds is 9. The van der Waals surface area contributed by atoms with E-state index in [0.717, 1.165) is 36.4 Å². The molecule has 1 aromatic heterocycles. The van der Waals surface area contributed by atoms with E-state index in [0.29, 0.717) is 5.92 Å². The van der Waals surface area contributed by atoms with Gasteiger partial charge in [-0.15, -0.1) is 11.3 Å². The maximum atomic E-state index is 5.98. The Kier molecular flexibility index (Phi) is 7.91. The van der Waals surface area contributed by atoms with E-state index in [2.05, 4.69) is 25.2 Å². The van der Waals surface area contributed by atoms with Gasteiger partial charge in [0.05, 0.1) is 10.9 Å². The molecule has 1 unspecified atom stereocenters. The molecule has 0 aromatic carbocycles. The van der Waals surface area contributed by atoms with Crippen LogP contribution in [0.3, 0.4) is 0 Å². The van der Waals surface area contributed by atoms with E-state index < -0.39 is 0 Å². The Balaban J connectivity index is 2.39. The Bertz CT molecular complexity index is 327. The van der Waals surface area contributed by atoms with Crippen molar-refractivity contribution in [3.63, 3.8) is 0 Å². The van der Waals surface area contributed by atoms with Crippen LogP contribution in [0.4, 0.5) is 0 Å². The van der Waals surface area contributed by atoms with Gasteiger partial charge in [-0.3, -0.25) is 0 Å². The van der Waals surface area contributed by atoms with Gasteiger partial charge in [0.1, 0.15) is 0 Å². The number of methoxy groups -OCH3 is 1. The molecule has 0 saturated heterocycles. The lowest BCUT2D eigenvalue weighted by Gasteiger charge is -2.19. The van der Waals surface area contributed by atoms with Gasteiger partial charge in [-0.05, 0) is 43.4 Å². The average molecular weight is 290 g/mol. The standard InChI is InChI=1S/C14H24ClNOS/c1-11(2)8-12(10-16-6-7-17-3)9-13-4-5-14(15)18-13/h4-5,11-12,16H,6-10H2,1-3H3. The summed E-state index contributed by atoms with van der Waals surface area (Å²) in [5, 5.41) is 3.47. The van der Waals surface area contributed by atoms with Crippen molar-refractivity contribution in [2.24, 2.45) is 11.8 Å². The zero-order chi connectivity index (χ0) is 13.4. The highest BCUT2D eigenvalue weighted by molar-refractivity contribution is 7.16. The fourth-order valence-corrected chi connectivity index (χ4v) is 3.33. The number of ether oxygens (including phenoxy) is 1. The van der Waals surface area contributed by atoms with Gasteiger partial charge in [0.25, 0.3) is 0 Å². The van der Waals surface area contributed by atoms with Crippen LogP contribution >= 0.6 is 22.9 Å². The van der Waals surface area contributed by atoms with E-state index >= 15 is 0 Å². The van der Waals surface area contributed by atoms with Crippen molar-refractivity contribution < 1.29 is 4.74 Å².